The van der Waals surface area contributed by atoms with E-state index in [1.807, 2.05) is 16.8 Å². The first-order chi connectivity index (χ1) is 9.81. The second kappa shape index (κ2) is 5.85. The summed E-state index contributed by atoms with van der Waals surface area (Å²) in [7, 11) is 0. The molecule has 0 saturated heterocycles. The lowest BCUT2D eigenvalue weighted by Gasteiger charge is -2.02. The van der Waals surface area contributed by atoms with E-state index in [9.17, 15) is 4.79 Å². The van der Waals surface area contributed by atoms with Gasteiger partial charge in [-0.15, -0.1) is 10.2 Å². The molecule has 2 N–H and O–H groups in total. The number of rotatable bonds is 4. The summed E-state index contributed by atoms with van der Waals surface area (Å²) in [6.45, 7) is 0.328. The lowest BCUT2D eigenvalue weighted by atomic mass is 10.4. The minimum absolute atomic E-state index is 0.328. The predicted molar refractivity (Wildman–Crippen MR) is 77.8 cm³/mol. The summed E-state index contributed by atoms with van der Waals surface area (Å²) in [5, 5.41) is 18.5. The Bertz CT molecular complexity index is 676. The fourth-order valence-electron chi connectivity index (χ4n) is 1.50. The number of carbonyl (C=O) groups excluding carboxylic acids is 1. The number of furan rings is 1. The van der Waals surface area contributed by atoms with Crippen LogP contribution in [0, 0.1) is 0 Å². The lowest BCUT2D eigenvalue weighted by molar-refractivity contribution is 0.251. The van der Waals surface area contributed by atoms with Crippen molar-refractivity contribution in [2.75, 3.05) is 5.32 Å². The van der Waals surface area contributed by atoms with Gasteiger partial charge < -0.3 is 9.73 Å². The number of thiophene rings is 1. The van der Waals surface area contributed by atoms with Gasteiger partial charge in [0.05, 0.1) is 12.8 Å². The van der Waals surface area contributed by atoms with E-state index in [1.165, 1.54) is 11.3 Å². The second-order valence-corrected chi connectivity index (χ2v) is 5.57. The van der Waals surface area contributed by atoms with Crippen molar-refractivity contribution in [1.82, 2.24) is 15.5 Å². The average Bonchev–Trinajstić information content (AvgIpc) is 3.18. The third-order valence-corrected chi connectivity index (χ3v) is 3.99. The molecule has 0 atom stereocenters. The SMILES string of the molecule is O=C(NCc1ccco1)Nc1nnc(-c2ccsc2)s1. The third kappa shape index (κ3) is 3.03. The molecule has 3 aromatic heterocycles. The summed E-state index contributed by atoms with van der Waals surface area (Å²) in [6.07, 6.45) is 1.56. The van der Waals surface area contributed by atoms with E-state index in [4.69, 9.17) is 4.42 Å². The molecule has 2 amide bonds. The van der Waals surface area contributed by atoms with Crippen molar-refractivity contribution in [1.29, 1.82) is 0 Å². The Hall–Kier alpha value is -2.19. The number of nitrogens with one attached hydrogen (secondary N) is 2. The van der Waals surface area contributed by atoms with Crippen LogP contribution in [0.4, 0.5) is 9.93 Å². The molecule has 0 aromatic carbocycles. The van der Waals surface area contributed by atoms with Crippen LogP contribution < -0.4 is 10.6 Å². The standard InChI is InChI=1S/C12H10N4O2S2/c17-11(13-6-9-2-1-4-18-9)14-12-16-15-10(20-12)8-3-5-19-7-8/h1-5,7H,6H2,(H2,13,14,16,17). The summed E-state index contributed by atoms with van der Waals surface area (Å²) in [5.74, 6) is 0.691. The quantitative estimate of drug-likeness (QED) is 0.776. The summed E-state index contributed by atoms with van der Waals surface area (Å²) in [4.78, 5) is 11.7. The fraction of sp³-hybridized carbons (Fsp3) is 0.0833. The zero-order chi connectivity index (χ0) is 13.8. The van der Waals surface area contributed by atoms with Crippen molar-refractivity contribution in [3.63, 3.8) is 0 Å². The van der Waals surface area contributed by atoms with Crippen molar-refractivity contribution >= 4 is 33.8 Å². The minimum atomic E-state index is -0.339. The maximum atomic E-state index is 11.7. The Balaban J connectivity index is 1.56. The van der Waals surface area contributed by atoms with Gasteiger partial charge >= 0.3 is 6.03 Å². The van der Waals surface area contributed by atoms with E-state index < -0.39 is 0 Å². The topological polar surface area (TPSA) is 80.0 Å². The van der Waals surface area contributed by atoms with Gasteiger partial charge in [-0.25, -0.2) is 4.79 Å². The van der Waals surface area contributed by atoms with Gasteiger partial charge in [-0.2, -0.15) is 11.3 Å². The third-order valence-electron chi connectivity index (χ3n) is 2.42. The maximum Gasteiger partial charge on any atom is 0.321 e. The molecular weight excluding hydrogens is 296 g/mol. The molecular formula is C12H10N4O2S2. The van der Waals surface area contributed by atoms with Gasteiger partial charge in [0.25, 0.3) is 0 Å². The van der Waals surface area contributed by atoms with Gasteiger partial charge in [-0.3, -0.25) is 5.32 Å². The van der Waals surface area contributed by atoms with E-state index >= 15 is 0 Å². The second-order valence-electron chi connectivity index (χ2n) is 3.81. The largest absolute Gasteiger partial charge is 0.467 e. The Morgan fingerprint density at radius 2 is 2.30 bits per heavy atom. The number of anilines is 1. The molecule has 0 saturated carbocycles. The van der Waals surface area contributed by atoms with E-state index in [0.29, 0.717) is 17.4 Å². The zero-order valence-electron chi connectivity index (χ0n) is 10.2. The molecule has 8 heteroatoms. The van der Waals surface area contributed by atoms with Crippen LogP contribution in [0.2, 0.25) is 0 Å². The van der Waals surface area contributed by atoms with E-state index in [0.717, 1.165) is 10.6 Å². The van der Waals surface area contributed by atoms with E-state index in [1.54, 1.807) is 29.7 Å². The molecule has 20 heavy (non-hydrogen) atoms. The highest BCUT2D eigenvalue weighted by Gasteiger charge is 2.09. The van der Waals surface area contributed by atoms with Gasteiger partial charge in [0.2, 0.25) is 5.13 Å². The van der Waals surface area contributed by atoms with Crippen LogP contribution in [0.5, 0.6) is 0 Å². The van der Waals surface area contributed by atoms with Crippen molar-refractivity contribution in [2.45, 2.75) is 6.54 Å². The molecule has 0 spiro atoms. The van der Waals surface area contributed by atoms with Crippen LogP contribution >= 0.6 is 22.7 Å². The predicted octanol–water partition coefficient (Wildman–Crippen LogP) is 3.18. The number of aromatic nitrogens is 2. The van der Waals surface area contributed by atoms with Crippen molar-refractivity contribution in [2.24, 2.45) is 0 Å². The number of urea groups is 1. The number of amides is 2. The average molecular weight is 306 g/mol. The summed E-state index contributed by atoms with van der Waals surface area (Å²) in [6, 6.07) is 5.19. The molecule has 0 aliphatic carbocycles. The summed E-state index contributed by atoms with van der Waals surface area (Å²) >= 11 is 2.92. The summed E-state index contributed by atoms with van der Waals surface area (Å²) in [5.41, 5.74) is 1.01. The molecule has 3 rings (SSSR count). The highest BCUT2D eigenvalue weighted by Crippen LogP contribution is 2.27. The van der Waals surface area contributed by atoms with Crippen LogP contribution in [0.15, 0.2) is 39.6 Å². The molecule has 3 aromatic rings. The Morgan fingerprint density at radius 1 is 1.35 bits per heavy atom. The molecule has 3 heterocycles. The number of nitrogens with zero attached hydrogens (tertiary/aromatic N) is 2. The van der Waals surface area contributed by atoms with Crippen molar-refractivity contribution in [3.8, 4) is 10.6 Å². The molecule has 6 nitrogen and oxygen atoms in total. The van der Waals surface area contributed by atoms with Crippen molar-refractivity contribution in [3.05, 3.63) is 41.0 Å². The van der Waals surface area contributed by atoms with Crippen molar-refractivity contribution < 1.29 is 9.21 Å². The van der Waals surface area contributed by atoms with Crippen LogP contribution in [0.25, 0.3) is 10.6 Å². The number of hydrogen-bond donors (Lipinski definition) is 2. The fourth-order valence-corrected chi connectivity index (χ4v) is 2.95. The van der Waals surface area contributed by atoms with E-state index in [-0.39, 0.29) is 6.03 Å². The van der Waals surface area contributed by atoms with Crippen LogP contribution in [0.1, 0.15) is 5.76 Å². The van der Waals surface area contributed by atoms with Gasteiger partial charge in [0, 0.05) is 10.9 Å². The normalized spacial score (nSPS) is 10.4. The van der Waals surface area contributed by atoms with E-state index in [2.05, 4.69) is 20.8 Å². The van der Waals surface area contributed by atoms with Crippen LogP contribution in [-0.2, 0) is 6.54 Å². The number of hydrogen-bond acceptors (Lipinski definition) is 6. The smallest absolute Gasteiger partial charge is 0.321 e. The molecule has 0 unspecified atom stereocenters. The lowest BCUT2D eigenvalue weighted by Crippen LogP contribution is -2.27. The first kappa shape index (κ1) is 12.8. The van der Waals surface area contributed by atoms with Gasteiger partial charge in [-0.1, -0.05) is 11.3 Å². The molecule has 0 aliphatic heterocycles. The molecule has 102 valence electrons. The monoisotopic (exact) mass is 306 g/mol. The first-order valence-corrected chi connectivity index (χ1v) is 7.50. The molecule has 0 bridgehead atoms. The highest BCUT2D eigenvalue weighted by atomic mass is 32.1. The zero-order valence-corrected chi connectivity index (χ0v) is 11.8. The Morgan fingerprint density at radius 3 is 3.05 bits per heavy atom. The van der Waals surface area contributed by atoms with Crippen LogP contribution in [-0.4, -0.2) is 16.2 Å². The maximum absolute atomic E-state index is 11.7. The number of carbonyl (C=O) groups is 1. The summed E-state index contributed by atoms with van der Waals surface area (Å²) < 4.78 is 5.12. The first-order valence-electron chi connectivity index (χ1n) is 5.74. The Labute approximate surface area is 122 Å². The molecule has 0 fully saturated rings. The molecule has 0 radical (unpaired) electrons. The van der Waals surface area contributed by atoms with Gasteiger partial charge in [0.1, 0.15) is 10.8 Å². The van der Waals surface area contributed by atoms with Gasteiger partial charge in [0.15, 0.2) is 0 Å². The van der Waals surface area contributed by atoms with Crippen LogP contribution in [0.3, 0.4) is 0 Å². The highest BCUT2D eigenvalue weighted by molar-refractivity contribution is 7.19. The minimum Gasteiger partial charge on any atom is -0.467 e. The van der Waals surface area contributed by atoms with Gasteiger partial charge in [-0.05, 0) is 23.6 Å². The molecule has 0 aliphatic rings. The Kier molecular flexibility index (Phi) is 3.75.